The molecule has 0 N–H and O–H groups in total. The average molecular weight is 363 g/mol. The van der Waals surface area contributed by atoms with Gasteiger partial charge >= 0.3 is 103 Å². The van der Waals surface area contributed by atoms with Crippen molar-refractivity contribution in [3.63, 3.8) is 0 Å². The fourth-order valence-electron chi connectivity index (χ4n) is 2.38. The Morgan fingerprint density at radius 2 is 1.18 bits per heavy atom. The van der Waals surface area contributed by atoms with Crippen molar-refractivity contribution in [3.8, 4) is 0 Å². The van der Waals surface area contributed by atoms with Crippen LogP contribution in [0.3, 0.4) is 0 Å². The van der Waals surface area contributed by atoms with E-state index in [4.69, 9.17) is 0 Å². The molecule has 1 atom stereocenters. The number of rotatable bonds is 14. The molecule has 0 aliphatic rings. The molecule has 0 saturated heterocycles. The topological polar surface area (TPSA) is 80.3 Å². The average Bonchev–Trinajstić information content (AvgIpc) is 2.39. The molecule has 0 saturated carbocycles. The Morgan fingerprint density at radius 3 is 1.55 bits per heavy atom. The zero-order valence-corrected chi connectivity index (χ0v) is 20.9. The monoisotopic (exact) mass is 362 g/mol. The van der Waals surface area contributed by atoms with Gasteiger partial charge in [-0.2, -0.15) is 0 Å². The Bertz CT molecular complexity index is 273. The summed E-state index contributed by atoms with van der Waals surface area (Å²) in [6.07, 6.45) is 11.7. The first-order chi connectivity index (χ1) is 9.57. The van der Waals surface area contributed by atoms with Crippen molar-refractivity contribution in [2.75, 3.05) is 0 Å². The molecule has 4 nitrogen and oxygen atoms in total. The molecule has 6 heteroatoms. The maximum absolute atomic E-state index is 10.7. The first kappa shape index (κ1) is 29.0. The van der Waals surface area contributed by atoms with Crippen LogP contribution in [-0.4, -0.2) is 11.9 Å². The first-order valence-corrected chi connectivity index (χ1v) is 7.98. The van der Waals surface area contributed by atoms with Gasteiger partial charge in [0.2, 0.25) is 0 Å². The molecular weight excluding hydrogens is 334 g/mol. The molecule has 0 fully saturated rings. The summed E-state index contributed by atoms with van der Waals surface area (Å²) in [5, 5.41) is 21.1. The molecule has 0 aliphatic heterocycles. The zero-order chi connectivity index (χ0) is 15.2. The molecule has 22 heavy (non-hydrogen) atoms. The second kappa shape index (κ2) is 21.3. The smallest absolute Gasteiger partial charge is 0.550 e. The number of carboxylic acid groups (broad SMARTS) is 2. The number of hydrogen-bond acceptors (Lipinski definition) is 4. The third-order valence-electron chi connectivity index (χ3n) is 3.65. The zero-order valence-electron chi connectivity index (χ0n) is 14.7. The van der Waals surface area contributed by atoms with Gasteiger partial charge in [0.15, 0.2) is 0 Å². The third-order valence-corrected chi connectivity index (χ3v) is 3.65. The van der Waals surface area contributed by atoms with E-state index >= 15 is 0 Å². The van der Waals surface area contributed by atoms with E-state index in [1.165, 1.54) is 44.9 Å². The second-order valence-corrected chi connectivity index (χ2v) is 5.56. The molecule has 0 spiro atoms. The minimum atomic E-state index is -1.31. The molecule has 0 aromatic carbocycles. The normalized spacial score (nSPS) is 11.1. The SMILES string of the molecule is CCCCCCCCCCCCC(CC(=O)[O-])C(=O)[O-].[K+].[K+]. The van der Waals surface area contributed by atoms with E-state index in [9.17, 15) is 19.8 Å². The Labute approximate surface area is 220 Å². The number of carbonyl (C=O) groups is 2. The van der Waals surface area contributed by atoms with Crippen LogP contribution in [0.5, 0.6) is 0 Å². The molecule has 0 heterocycles. The van der Waals surface area contributed by atoms with Crippen molar-refractivity contribution in [2.45, 2.75) is 84.0 Å². The number of carbonyl (C=O) groups excluding carboxylic acids is 2. The summed E-state index contributed by atoms with van der Waals surface area (Å²) in [5.41, 5.74) is 0. The Morgan fingerprint density at radius 1 is 0.773 bits per heavy atom. The van der Waals surface area contributed by atoms with Crippen LogP contribution in [0.25, 0.3) is 0 Å². The van der Waals surface area contributed by atoms with Gasteiger partial charge < -0.3 is 19.8 Å². The summed E-state index contributed by atoms with van der Waals surface area (Å²) >= 11 is 0. The van der Waals surface area contributed by atoms with Crippen LogP contribution in [0.2, 0.25) is 0 Å². The van der Waals surface area contributed by atoms with E-state index in [1.807, 2.05) is 0 Å². The Balaban J connectivity index is -0.00000180. The molecule has 0 radical (unpaired) electrons. The number of hydrogen-bond donors (Lipinski definition) is 0. The van der Waals surface area contributed by atoms with Gasteiger partial charge in [-0.3, -0.25) is 0 Å². The van der Waals surface area contributed by atoms with E-state index in [2.05, 4.69) is 6.92 Å². The molecular formula is C16H28K2O4. The Kier molecular flexibility index (Phi) is 28.0. The molecule has 118 valence electrons. The van der Waals surface area contributed by atoms with Gasteiger partial charge in [-0.05, 0) is 12.8 Å². The number of carboxylic acids is 2. The van der Waals surface area contributed by atoms with Gasteiger partial charge in [-0.1, -0.05) is 71.1 Å². The molecule has 1 unspecified atom stereocenters. The van der Waals surface area contributed by atoms with E-state index in [0.29, 0.717) is 6.42 Å². The maximum atomic E-state index is 10.7. The van der Waals surface area contributed by atoms with Crippen molar-refractivity contribution in [1.29, 1.82) is 0 Å². The van der Waals surface area contributed by atoms with Crippen LogP contribution in [0.15, 0.2) is 0 Å². The van der Waals surface area contributed by atoms with Crippen LogP contribution in [-0.2, 0) is 9.59 Å². The summed E-state index contributed by atoms with van der Waals surface area (Å²) in [4.78, 5) is 21.1. The predicted molar refractivity (Wildman–Crippen MR) is 74.6 cm³/mol. The second-order valence-electron chi connectivity index (χ2n) is 5.56. The fourth-order valence-corrected chi connectivity index (χ4v) is 2.38. The predicted octanol–water partition coefficient (Wildman–Crippen LogP) is -4.19. The summed E-state index contributed by atoms with van der Waals surface area (Å²) < 4.78 is 0. The molecule has 0 aliphatic carbocycles. The molecule has 0 amide bonds. The van der Waals surface area contributed by atoms with Crippen molar-refractivity contribution in [1.82, 2.24) is 0 Å². The van der Waals surface area contributed by atoms with Gasteiger partial charge in [0.25, 0.3) is 0 Å². The maximum Gasteiger partial charge on any atom is 1.00 e. The molecule has 0 aromatic rings. The van der Waals surface area contributed by atoms with Crippen molar-refractivity contribution in [3.05, 3.63) is 0 Å². The minimum Gasteiger partial charge on any atom is -0.550 e. The quantitative estimate of drug-likeness (QED) is 0.232. The van der Waals surface area contributed by atoms with Gasteiger partial charge in [0.1, 0.15) is 0 Å². The van der Waals surface area contributed by atoms with Crippen molar-refractivity contribution in [2.24, 2.45) is 5.92 Å². The summed E-state index contributed by atoms with van der Waals surface area (Å²) in [5.74, 6) is -3.48. The summed E-state index contributed by atoms with van der Waals surface area (Å²) in [7, 11) is 0. The molecule has 0 rings (SSSR count). The Hall–Kier alpha value is 2.21. The molecule has 0 aromatic heterocycles. The van der Waals surface area contributed by atoms with Crippen LogP contribution in [0.4, 0.5) is 0 Å². The minimum absolute atomic E-state index is 0. The van der Waals surface area contributed by atoms with Gasteiger partial charge in [0, 0.05) is 17.9 Å². The van der Waals surface area contributed by atoms with Crippen LogP contribution in [0, 0.1) is 5.92 Å². The molecule has 0 bridgehead atoms. The van der Waals surface area contributed by atoms with Crippen LogP contribution < -0.4 is 113 Å². The van der Waals surface area contributed by atoms with Crippen molar-refractivity contribution >= 4 is 11.9 Å². The third kappa shape index (κ3) is 20.3. The van der Waals surface area contributed by atoms with Crippen LogP contribution >= 0.6 is 0 Å². The van der Waals surface area contributed by atoms with Gasteiger partial charge in [0.05, 0.1) is 0 Å². The van der Waals surface area contributed by atoms with E-state index in [-0.39, 0.29) is 103 Å². The van der Waals surface area contributed by atoms with Crippen molar-refractivity contribution < 1.29 is 123 Å². The van der Waals surface area contributed by atoms with E-state index < -0.39 is 24.3 Å². The van der Waals surface area contributed by atoms with Gasteiger partial charge in [-0.15, -0.1) is 0 Å². The largest absolute Gasteiger partial charge is 1.00 e. The standard InChI is InChI=1S/C16H30O4.2K/c1-2-3-4-5-6-7-8-9-10-11-12-14(16(19)20)13-15(17)18;;/h14H,2-13H2,1H3,(H,17,18)(H,19,20);;/q;2*+1/p-2. The number of unbranched alkanes of at least 4 members (excludes halogenated alkanes) is 9. The van der Waals surface area contributed by atoms with Crippen LogP contribution in [0.1, 0.15) is 84.0 Å². The fraction of sp³-hybridized carbons (Fsp3) is 0.875. The summed E-state index contributed by atoms with van der Waals surface area (Å²) in [6, 6.07) is 0. The first-order valence-electron chi connectivity index (χ1n) is 7.98. The summed E-state index contributed by atoms with van der Waals surface area (Å²) in [6.45, 7) is 2.21. The van der Waals surface area contributed by atoms with E-state index in [1.54, 1.807) is 0 Å². The van der Waals surface area contributed by atoms with Gasteiger partial charge in [-0.25, -0.2) is 0 Å². The number of aliphatic carboxylic acids is 2. The van der Waals surface area contributed by atoms with E-state index in [0.717, 1.165) is 19.3 Å².